The van der Waals surface area contributed by atoms with Crippen molar-refractivity contribution in [2.45, 2.75) is 0 Å². The molecule has 8 heteroatoms. The van der Waals surface area contributed by atoms with E-state index in [1.165, 1.54) is 18.1 Å². The summed E-state index contributed by atoms with van der Waals surface area (Å²) in [6.45, 7) is -0.180. The number of ether oxygens (including phenoxy) is 2. The molecule has 122 valence electrons. The number of carbonyl (C=O) groups is 2. The van der Waals surface area contributed by atoms with Crippen LogP contribution in [-0.2, 0) is 14.3 Å². The van der Waals surface area contributed by atoms with E-state index in [1.807, 2.05) is 6.07 Å². The fourth-order valence-electron chi connectivity index (χ4n) is 1.54. The van der Waals surface area contributed by atoms with Crippen molar-refractivity contribution in [2.24, 2.45) is 0 Å². The van der Waals surface area contributed by atoms with Crippen LogP contribution in [0.1, 0.15) is 5.56 Å². The Balaban J connectivity index is 3.11. The van der Waals surface area contributed by atoms with Crippen LogP contribution in [0.2, 0.25) is 0 Å². The molecular weight excluding hydrogens is 526 g/mol. The minimum absolute atomic E-state index is 0.0461. The van der Waals surface area contributed by atoms with E-state index >= 15 is 0 Å². The van der Waals surface area contributed by atoms with Gasteiger partial charge in [-0.25, -0.2) is 4.79 Å². The molecule has 1 aromatic rings. The Morgan fingerprint density at radius 3 is 2.30 bits per heavy atom. The molecular formula is C15H14I2N2O4. The first-order valence-electron chi connectivity index (χ1n) is 6.32. The van der Waals surface area contributed by atoms with Crippen LogP contribution in [0.25, 0.3) is 6.08 Å². The largest absolute Gasteiger partial charge is 0.480 e. The molecule has 0 aliphatic rings. The lowest BCUT2D eigenvalue weighted by molar-refractivity contribution is -0.143. The van der Waals surface area contributed by atoms with Gasteiger partial charge in [-0.1, -0.05) is 0 Å². The van der Waals surface area contributed by atoms with Gasteiger partial charge in [-0.3, -0.25) is 4.79 Å². The van der Waals surface area contributed by atoms with E-state index in [-0.39, 0.29) is 18.1 Å². The highest BCUT2D eigenvalue weighted by Crippen LogP contribution is 2.30. The smallest absolute Gasteiger partial charge is 0.343 e. The molecule has 0 aliphatic heterocycles. The quantitative estimate of drug-likeness (QED) is 0.248. The van der Waals surface area contributed by atoms with Crippen molar-refractivity contribution in [2.75, 3.05) is 27.8 Å². The molecule has 0 bridgehead atoms. The number of halogens is 2. The van der Waals surface area contributed by atoms with Crippen molar-refractivity contribution in [1.82, 2.24) is 4.90 Å². The molecule has 0 N–H and O–H groups in total. The standard InChI is InChI=1S/C15H14I2N2O4/c1-19(2)15(21)10(7-18)4-9-5-11(16)14(12(17)6-9)23-8-13(20)22-3/h4-6H,8H2,1-3H3/b10-4-. The van der Waals surface area contributed by atoms with Crippen molar-refractivity contribution in [3.63, 3.8) is 0 Å². The number of amides is 1. The molecule has 0 saturated carbocycles. The average molecular weight is 540 g/mol. The second-order valence-electron chi connectivity index (χ2n) is 4.55. The van der Waals surface area contributed by atoms with Gasteiger partial charge in [0.2, 0.25) is 0 Å². The van der Waals surface area contributed by atoms with Crippen LogP contribution in [-0.4, -0.2) is 44.6 Å². The lowest BCUT2D eigenvalue weighted by Gasteiger charge is -2.11. The lowest BCUT2D eigenvalue weighted by atomic mass is 10.1. The first kappa shape index (κ1) is 19.7. The number of rotatable bonds is 5. The molecule has 0 spiro atoms. The van der Waals surface area contributed by atoms with E-state index < -0.39 is 5.97 Å². The lowest BCUT2D eigenvalue weighted by Crippen LogP contribution is -2.22. The fourth-order valence-corrected chi connectivity index (χ4v) is 3.67. The molecule has 6 nitrogen and oxygen atoms in total. The molecule has 1 aromatic carbocycles. The maximum atomic E-state index is 11.9. The number of benzene rings is 1. The van der Waals surface area contributed by atoms with Crippen LogP contribution in [0.4, 0.5) is 0 Å². The maximum absolute atomic E-state index is 11.9. The van der Waals surface area contributed by atoms with Gasteiger partial charge in [0.25, 0.3) is 5.91 Å². The number of methoxy groups -OCH3 is 1. The third-order valence-electron chi connectivity index (χ3n) is 2.65. The third kappa shape index (κ3) is 5.65. The first-order chi connectivity index (χ1) is 10.8. The molecule has 0 aliphatic carbocycles. The van der Waals surface area contributed by atoms with Crippen LogP contribution >= 0.6 is 45.2 Å². The molecule has 0 saturated heterocycles. The predicted octanol–water partition coefficient (Wildman–Crippen LogP) is 2.44. The van der Waals surface area contributed by atoms with Gasteiger partial charge < -0.3 is 14.4 Å². The zero-order valence-electron chi connectivity index (χ0n) is 12.7. The average Bonchev–Trinajstić information content (AvgIpc) is 2.50. The molecule has 1 amide bonds. The zero-order chi connectivity index (χ0) is 17.6. The third-order valence-corrected chi connectivity index (χ3v) is 4.25. The minimum Gasteiger partial charge on any atom is -0.480 e. The van der Waals surface area contributed by atoms with Crippen molar-refractivity contribution in [1.29, 1.82) is 5.26 Å². The Morgan fingerprint density at radius 1 is 1.30 bits per heavy atom. The normalized spacial score (nSPS) is 10.7. The molecule has 23 heavy (non-hydrogen) atoms. The predicted molar refractivity (Wildman–Crippen MR) is 102 cm³/mol. The van der Waals surface area contributed by atoms with Gasteiger partial charge in [0, 0.05) is 14.1 Å². The highest BCUT2D eigenvalue weighted by atomic mass is 127. The van der Waals surface area contributed by atoms with Gasteiger partial charge >= 0.3 is 5.97 Å². The summed E-state index contributed by atoms with van der Waals surface area (Å²) in [6, 6.07) is 5.45. The van der Waals surface area contributed by atoms with Gasteiger partial charge in [0.05, 0.1) is 14.3 Å². The van der Waals surface area contributed by atoms with Crippen molar-refractivity contribution in [3.8, 4) is 11.8 Å². The fraction of sp³-hybridized carbons (Fsp3) is 0.267. The monoisotopic (exact) mass is 540 g/mol. The second kappa shape index (κ2) is 9.07. The maximum Gasteiger partial charge on any atom is 0.343 e. The summed E-state index contributed by atoms with van der Waals surface area (Å²) in [5.41, 5.74) is 0.751. The number of hydrogen-bond acceptors (Lipinski definition) is 5. The van der Waals surface area contributed by atoms with Crippen molar-refractivity contribution >= 4 is 63.1 Å². The number of nitrogens with zero attached hydrogens (tertiary/aromatic N) is 2. The Hall–Kier alpha value is -1.35. The molecule has 1 rings (SSSR count). The Bertz CT molecular complexity index is 670. The highest BCUT2D eigenvalue weighted by Gasteiger charge is 2.14. The SMILES string of the molecule is COC(=O)COc1c(I)cc(/C=C(/C#N)C(=O)N(C)C)cc1I. The number of esters is 1. The number of hydrogen-bond donors (Lipinski definition) is 0. The van der Waals surface area contributed by atoms with Crippen molar-refractivity contribution in [3.05, 3.63) is 30.4 Å². The van der Waals surface area contributed by atoms with E-state index in [9.17, 15) is 9.59 Å². The molecule has 0 heterocycles. The van der Waals surface area contributed by atoms with Crippen LogP contribution in [0.3, 0.4) is 0 Å². The Kier molecular flexibility index (Phi) is 7.77. The number of nitriles is 1. The van der Waals surface area contributed by atoms with Gasteiger partial charge in [-0.15, -0.1) is 0 Å². The Morgan fingerprint density at radius 2 is 1.87 bits per heavy atom. The van der Waals surface area contributed by atoms with Gasteiger partial charge in [-0.05, 0) is 69.0 Å². The zero-order valence-corrected chi connectivity index (χ0v) is 17.0. The first-order valence-corrected chi connectivity index (χ1v) is 8.48. The molecule has 0 fully saturated rings. The molecule has 0 unspecified atom stereocenters. The van der Waals surface area contributed by atoms with E-state index in [0.717, 1.165) is 7.14 Å². The van der Waals surface area contributed by atoms with E-state index in [2.05, 4.69) is 49.9 Å². The summed E-state index contributed by atoms with van der Waals surface area (Å²) in [6.07, 6.45) is 1.52. The van der Waals surface area contributed by atoms with Crippen LogP contribution in [0.15, 0.2) is 17.7 Å². The van der Waals surface area contributed by atoms with Gasteiger partial charge in [0.15, 0.2) is 6.61 Å². The topological polar surface area (TPSA) is 79.6 Å². The van der Waals surface area contributed by atoms with E-state index in [0.29, 0.717) is 11.3 Å². The summed E-state index contributed by atoms with van der Waals surface area (Å²) in [5, 5.41) is 9.13. The summed E-state index contributed by atoms with van der Waals surface area (Å²) in [4.78, 5) is 24.4. The summed E-state index contributed by atoms with van der Waals surface area (Å²) < 4.78 is 11.5. The van der Waals surface area contributed by atoms with Crippen molar-refractivity contribution < 1.29 is 19.1 Å². The van der Waals surface area contributed by atoms with E-state index in [1.54, 1.807) is 26.2 Å². The van der Waals surface area contributed by atoms with Crippen LogP contribution < -0.4 is 4.74 Å². The molecule has 0 radical (unpaired) electrons. The van der Waals surface area contributed by atoms with Gasteiger partial charge in [-0.2, -0.15) is 5.26 Å². The molecule has 0 atom stereocenters. The summed E-state index contributed by atoms with van der Waals surface area (Å²) in [5.74, 6) is -0.265. The minimum atomic E-state index is -0.469. The Labute approximate surface area is 161 Å². The summed E-state index contributed by atoms with van der Waals surface area (Å²) in [7, 11) is 4.47. The number of likely N-dealkylation sites (N-methyl/N-ethyl adjacent to an activating group) is 1. The second-order valence-corrected chi connectivity index (χ2v) is 6.87. The summed E-state index contributed by atoms with van der Waals surface area (Å²) >= 11 is 4.14. The molecule has 0 aromatic heterocycles. The van der Waals surface area contributed by atoms with Gasteiger partial charge in [0.1, 0.15) is 17.4 Å². The van der Waals surface area contributed by atoms with Crippen LogP contribution in [0, 0.1) is 18.5 Å². The van der Waals surface area contributed by atoms with E-state index in [4.69, 9.17) is 10.00 Å². The number of carbonyl (C=O) groups excluding carboxylic acids is 2. The highest BCUT2D eigenvalue weighted by molar-refractivity contribution is 14.1. The van der Waals surface area contributed by atoms with Crippen LogP contribution in [0.5, 0.6) is 5.75 Å².